The summed E-state index contributed by atoms with van der Waals surface area (Å²) in [4.78, 5) is 13.5. The number of ether oxygens (including phenoxy) is 1. The van der Waals surface area contributed by atoms with Crippen molar-refractivity contribution in [1.82, 2.24) is 14.3 Å². The summed E-state index contributed by atoms with van der Waals surface area (Å²) in [6, 6.07) is 18.0. The second kappa shape index (κ2) is 7.66. The minimum atomic E-state index is -0.0391. The lowest BCUT2D eigenvalue weighted by Gasteiger charge is -2.25. The van der Waals surface area contributed by atoms with Crippen molar-refractivity contribution in [3.63, 3.8) is 0 Å². The number of hydrogen-bond donors (Lipinski definition) is 0. The van der Waals surface area contributed by atoms with Gasteiger partial charge in [0.25, 0.3) is 5.56 Å². The van der Waals surface area contributed by atoms with Crippen LogP contribution in [-0.4, -0.2) is 27.6 Å². The van der Waals surface area contributed by atoms with Crippen LogP contribution in [0.3, 0.4) is 0 Å². The molecule has 1 saturated heterocycles. The number of hydrogen-bond acceptors (Lipinski definition) is 3. The average molecular weight is 395 g/mol. The van der Waals surface area contributed by atoms with Crippen LogP contribution in [-0.2, 0) is 11.2 Å². The Bertz CT molecular complexity index is 1340. The van der Waals surface area contributed by atoms with Crippen molar-refractivity contribution >= 4 is 10.8 Å². The molecule has 4 aromatic rings. The van der Waals surface area contributed by atoms with Crippen molar-refractivity contribution in [2.75, 3.05) is 13.2 Å². The minimum Gasteiger partial charge on any atom is -0.377 e. The van der Waals surface area contributed by atoms with Crippen LogP contribution in [0.25, 0.3) is 16.5 Å². The molecule has 3 heterocycles. The third-order valence-corrected chi connectivity index (χ3v) is 5.44. The van der Waals surface area contributed by atoms with Crippen LogP contribution in [0.4, 0.5) is 0 Å². The van der Waals surface area contributed by atoms with E-state index >= 15 is 0 Å². The summed E-state index contributed by atoms with van der Waals surface area (Å²) >= 11 is 0. The fourth-order valence-electron chi connectivity index (χ4n) is 3.76. The highest BCUT2D eigenvalue weighted by Crippen LogP contribution is 2.20. The molecule has 5 nitrogen and oxygen atoms in total. The van der Waals surface area contributed by atoms with Crippen LogP contribution < -0.4 is 5.56 Å². The molecule has 0 bridgehead atoms. The van der Waals surface area contributed by atoms with Crippen LogP contribution >= 0.6 is 0 Å². The lowest BCUT2D eigenvalue weighted by molar-refractivity contribution is -0.0286. The van der Waals surface area contributed by atoms with Crippen molar-refractivity contribution in [2.45, 2.75) is 19.4 Å². The first-order valence-corrected chi connectivity index (χ1v) is 10.1. The van der Waals surface area contributed by atoms with Gasteiger partial charge in [0.05, 0.1) is 36.4 Å². The zero-order chi connectivity index (χ0) is 20.5. The van der Waals surface area contributed by atoms with E-state index in [9.17, 15) is 4.79 Å². The Morgan fingerprint density at radius 3 is 2.67 bits per heavy atom. The molecule has 0 spiro atoms. The maximum Gasteiger partial charge on any atom is 0.264 e. The Hall–Kier alpha value is -3.62. The van der Waals surface area contributed by atoms with Gasteiger partial charge in [0.2, 0.25) is 0 Å². The van der Waals surface area contributed by atoms with Crippen LogP contribution in [0.2, 0.25) is 0 Å². The van der Waals surface area contributed by atoms with Gasteiger partial charge in [0, 0.05) is 23.1 Å². The van der Waals surface area contributed by atoms with Gasteiger partial charge < -0.3 is 4.74 Å². The molecule has 5 heteroatoms. The Labute approximate surface area is 174 Å². The Morgan fingerprint density at radius 1 is 1.10 bits per heavy atom. The number of pyridine rings is 1. The molecule has 0 saturated carbocycles. The Kier molecular flexibility index (Phi) is 4.70. The molecule has 148 valence electrons. The van der Waals surface area contributed by atoms with E-state index in [-0.39, 0.29) is 5.56 Å². The first-order chi connectivity index (χ1) is 14.7. The monoisotopic (exact) mass is 395 g/mol. The summed E-state index contributed by atoms with van der Waals surface area (Å²) < 4.78 is 8.91. The zero-order valence-corrected chi connectivity index (χ0v) is 16.7. The number of nitrogens with zero attached hydrogens (tertiary/aromatic N) is 3. The molecule has 0 unspecified atom stereocenters. The molecule has 1 fully saturated rings. The normalized spacial score (nSPS) is 13.6. The van der Waals surface area contributed by atoms with E-state index in [1.54, 1.807) is 10.8 Å². The van der Waals surface area contributed by atoms with Gasteiger partial charge in [0.15, 0.2) is 0 Å². The fourth-order valence-corrected chi connectivity index (χ4v) is 3.76. The molecule has 5 rings (SSSR count). The van der Waals surface area contributed by atoms with Gasteiger partial charge >= 0.3 is 0 Å². The number of fused-ring (bicyclic) bond motifs is 1. The van der Waals surface area contributed by atoms with Gasteiger partial charge in [0.1, 0.15) is 0 Å². The third-order valence-electron chi connectivity index (χ3n) is 5.44. The molecule has 2 aromatic carbocycles. The number of benzene rings is 2. The predicted molar refractivity (Wildman–Crippen MR) is 117 cm³/mol. The smallest absolute Gasteiger partial charge is 0.264 e. The summed E-state index contributed by atoms with van der Waals surface area (Å²) in [5.41, 5.74) is 3.36. The first-order valence-electron chi connectivity index (χ1n) is 10.1. The molecule has 30 heavy (non-hydrogen) atoms. The number of aryl methyl sites for hydroxylation is 1. The maximum absolute atomic E-state index is 13.5. The number of rotatable bonds is 3. The van der Waals surface area contributed by atoms with Gasteiger partial charge in [-0.3, -0.25) is 14.0 Å². The zero-order valence-electron chi connectivity index (χ0n) is 16.7. The van der Waals surface area contributed by atoms with Gasteiger partial charge in [-0.2, -0.15) is 5.10 Å². The number of aromatic nitrogens is 3. The molecule has 1 aliphatic heterocycles. The van der Waals surface area contributed by atoms with Gasteiger partial charge in [-0.1, -0.05) is 49.1 Å². The van der Waals surface area contributed by atoms with Crippen molar-refractivity contribution in [3.8, 4) is 17.5 Å². The Morgan fingerprint density at radius 2 is 1.93 bits per heavy atom. The lowest BCUT2D eigenvalue weighted by Crippen LogP contribution is -2.30. The molecule has 0 radical (unpaired) electrons. The SMILES string of the molecule is CCc1cc2cccc(C#Cc3cnn(C4COC4)c3)c2c(=O)n1-c1ccccc1. The van der Waals surface area contributed by atoms with E-state index < -0.39 is 0 Å². The fraction of sp³-hybridized carbons (Fsp3) is 0.200. The first kappa shape index (κ1) is 18.4. The topological polar surface area (TPSA) is 49.1 Å². The van der Waals surface area contributed by atoms with Crippen molar-refractivity contribution in [1.29, 1.82) is 0 Å². The second-order valence-corrected chi connectivity index (χ2v) is 7.39. The van der Waals surface area contributed by atoms with E-state index in [4.69, 9.17) is 4.74 Å². The van der Waals surface area contributed by atoms with E-state index in [0.29, 0.717) is 24.6 Å². The molecule has 0 N–H and O–H groups in total. The van der Waals surface area contributed by atoms with Crippen LogP contribution in [0.15, 0.2) is 71.8 Å². The summed E-state index contributed by atoms with van der Waals surface area (Å²) in [7, 11) is 0. The standard InChI is InChI=1S/C25H21N3O2/c1-2-21-13-20-8-6-7-19(12-11-18-14-26-27(15-18)23-16-30-17-23)24(20)25(29)28(21)22-9-4-3-5-10-22/h3-10,13-15,23H,2,16-17H2,1H3. The predicted octanol–water partition coefficient (Wildman–Crippen LogP) is 3.72. The summed E-state index contributed by atoms with van der Waals surface area (Å²) in [5, 5.41) is 5.93. The summed E-state index contributed by atoms with van der Waals surface area (Å²) in [6.07, 6.45) is 4.46. The van der Waals surface area contributed by atoms with Crippen LogP contribution in [0, 0.1) is 11.8 Å². The lowest BCUT2D eigenvalue weighted by atomic mass is 10.0. The maximum atomic E-state index is 13.5. The van der Waals surface area contributed by atoms with Crippen molar-refractivity contribution in [2.24, 2.45) is 0 Å². The molecule has 0 aliphatic carbocycles. The highest BCUT2D eigenvalue weighted by atomic mass is 16.5. The van der Waals surface area contributed by atoms with Crippen LogP contribution in [0.1, 0.15) is 29.8 Å². The average Bonchev–Trinajstić information content (AvgIpc) is 3.19. The summed E-state index contributed by atoms with van der Waals surface area (Å²) in [6.45, 7) is 3.45. The van der Waals surface area contributed by atoms with Gasteiger partial charge in [-0.05, 0) is 36.1 Å². The van der Waals surface area contributed by atoms with Crippen molar-refractivity contribution in [3.05, 3.63) is 94.2 Å². The van der Waals surface area contributed by atoms with E-state index in [1.165, 1.54) is 0 Å². The van der Waals surface area contributed by atoms with E-state index in [0.717, 1.165) is 34.3 Å². The van der Waals surface area contributed by atoms with E-state index in [1.807, 2.05) is 59.4 Å². The van der Waals surface area contributed by atoms with Gasteiger partial charge in [-0.25, -0.2) is 0 Å². The third kappa shape index (κ3) is 3.22. The molecule has 1 aliphatic rings. The van der Waals surface area contributed by atoms with E-state index in [2.05, 4.69) is 29.9 Å². The van der Waals surface area contributed by atoms with Gasteiger partial charge in [-0.15, -0.1) is 0 Å². The van der Waals surface area contributed by atoms with Crippen molar-refractivity contribution < 1.29 is 4.74 Å². The summed E-state index contributed by atoms with van der Waals surface area (Å²) in [5.74, 6) is 6.37. The molecular formula is C25H21N3O2. The molecular weight excluding hydrogens is 374 g/mol. The highest BCUT2D eigenvalue weighted by Gasteiger charge is 2.20. The second-order valence-electron chi connectivity index (χ2n) is 7.39. The quantitative estimate of drug-likeness (QED) is 0.497. The highest BCUT2D eigenvalue weighted by molar-refractivity contribution is 5.88. The largest absolute Gasteiger partial charge is 0.377 e. The molecule has 0 amide bonds. The Balaban J connectivity index is 1.63. The number of para-hydroxylation sites is 1. The molecule has 2 aromatic heterocycles. The van der Waals surface area contributed by atoms with Crippen LogP contribution in [0.5, 0.6) is 0 Å². The molecule has 0 atom stereocenters. The minimum absolute atomic E-state index is 0.0391.